The van der Waals surface area contributed by atoms with Gasteiger partial charge in [-0.05, 0) is 61.2 Å². The van der Waals surface area contributed by atoms with Crippen LogP contribution in [-0.4, -0.2) is 51.4 Å². The SMILES string of the molecule is CCCCNC(=O)[C@H](Cc1ccccc1)N(Cc1ccccc1)C(=O)CN(c1cc(C)ccc1OC)S(=O)(=O)c1ccc(C)cc1. The molecule has 8 nitrogen and oxygen atoms in total. The Morgan fingerprint density at radius 2 is 1.43 bits per heavy atom. The van der Waals surface area contributed by atoms with E-state index in [9.17, 15) is 18.0 Å². The van der Waals surface area contributed by atoms with E-state index in [1.54, 1.807) is 24.3 Å². The summed E-state index contributed by atoms with van der Waals surface area (Å²) < 4.78 is 35.3. The molecule has 0 saturated heterocycles. The normalized spacial score (nSPS) is 11.8. The van der Waals surface area contributed by atoms with Crippen LogP contribution in [0.3, 0.4) is 0 Å². The maximum Gasteiger partial charge on any atom is 0.264 e. The van der Waals surface area contributed by atoms with Gasteiger partial charge in [0, 0.05) is 19.5 Å². The highest BCUT2D eigenvalue weighted by molar-refractivity contribution is 7.92. The average molecular weight is 642 g/mol. The number of benzene rings is 4. The van der Waals surface area contributed by atoms with Crippen LogP contribution in [0.15, 0.2) is 108 Å². The third kappa shape index (κ3) is 8.75. The number of carbonyl (C=O) groups is 2. The van der Waals surface area contributed by atoms with E-state index in [4.69, 9.17) is 4.74 Å². The fraction of sp³-hybridized carbons (Fsp3) is 0.297. The Morgan fingerprint density at radius 3 is 2.04 bits per heavy atom. The monoisotopic (exact) mass is 641 g/mol. The third-order valence-corrected chi connectivity index (χ3v) is 9.56. The highest BCUT2D eigenvalue weighted by Gasteiger charge is 2.35. The number of carbonyl (C=O) groups excluding carboxylic acids is 2. The van der Waals surface area contributed by atoms with E-state index in [0.29, 0.717) is 12.3 Å². The van der Waals surface area contributed by atoms with E-state index < -0.39 is 28.5 Å². The van der Waals surface area contributed by atoms with Crippen LogP contribution in [0, 0.1) is 13.8 Å². The van der Waals surface area contributed by atoms with Crippen molar-refractivity contribution in [1.29, 1.82) is 0 Å². The quantitative estimate of drug-likeness (QED) is 0.159. The molecule has 242 valence electrons. The second-order valence-electron chi connectivity index (χ2n) is 11.4. The number of amides is 2. The number of ether oxygens (including phenoxy) is 1. The summed E-state index contributed by atoms with van der Waals surface area (Å²) in [5, 5.41) is 3.01. The van der Waals surface area contributed by atoms with Crippen LogP contribution < -0.4 is 14.4 Å². The lowest BCUT2D eigenvalue weighted by Crippen LogP contribution is -2.53. The number of nitrogens with one attached hydrogen (secondary N) is 1. The number of hydrogen-bond donors (Lipinski definition) is 1. The maximum absolute atomic E-state index is 14.6. The van der Waals surface area contributed by atoms with Crippen LogP contribution >= 0.6 is 0 Å². The maximum atomic E-state index is 14.6. The molecule has 4 rings (SSSR count). The molecule has 4 aromatic carbocycles. The van der Waals surface area contributed by atoms with Gasteiger partial charge in [-0.1, -0.05) is 97.8 Å². The molecule has 1 N–H and O–H groups in total. The minimum Gasteiger partial charge on any atom is -0.495 e. The highest BCUT2D eigenvalue weighted by Crippen LogP contribution is 2.34. The van der Waals surface area contributed by atoms with Crippen LogP contribution in [0.25, 0.3) is 0 Å². The lowest BCUT2D eigenvalue weighted by atomic mass is 10.0. The van der Waals surface area contributed by atoms with Crippen LogP contribution in [0.5, 0.6) is 5.75 Å². The zero-order valence-corrected chi connectivity index (χ0v) is 27.8. The van der Waals surface area contributed by atoms with Crippen molar-refractivity contribution < 1.29 is 22.7 Å². The second kappa shape index (κ2) is 16.1. The van der Waals surface area contributed by atoms with Crippen molar-refractivity contribution in [3.63, 3.8) is 0 Å². The van der Waals surface area contributed by atoms with E-state index in [1.165, 1.54) is 24.1 Å². The van der Waals surface area contributed by atoms with Gasteiger partial charge < -0.3 is 15.0 Å². The number of sulfonamides is 1. The van der Waals surface area contributed by atoms with Gasteiger partial charge in [0.15, 0.2) is 0 Å². The Kier molecular flexibility index (Phi) is 12.0. The minimum atomic E-state index is -4.24. The summed E-state index contributed by atoms with van der Waals surface area (Å²) in [6, 6.07) is 29.7. The summed E-state index contributed by atoms with van der Waals surface area (Å²) in [7, 11) is -2.78. The summed E-state index contributed by atoms with van der Waals surface area (Å²) >= 11 is 0. The molecule has 0 aliphatic heterocycles. The molecule has 0 unspecified atom stereocenters. The number of anilines is 1. The molecular weight excluding hydrogens is 598 g/mol. The molecule has 2 amide bonds. The molecule has 0 aliphatic rings. The summed E-state index contributed by atoms with van der Waals surface area (Å²) in [5.41, 5.74) is 3.64. The van der Waals surface area contributed by atoms with Crippen molar-refractivity contribution in [1.82, 2.24) is 10.2 Å². The topological polar surface area (TPSA) is 96.0 Å². The van der Waals surface area contributed by atoms with E-state index in [1.807, 2.05) is 87.5 Å². The Balaban J connectivity index is 1.82. The molecule has 46 heavy (non-hydrogen) atoms. The summed E-state index contributed by atoms with van der Waals surface area (Å²) in [5.74, 6) is -0.501. The number of nitrogens with zero attached hydrogens (tertiary/aromatic N) is 2. The largest absolute Gasteiger partial charge is 0.495 e. The Morgan fingerprint density at radius 1 is 0.826 bits per heavy atom. The van der Waals surface area contributed by atoms with Gasteiger partial charge in [-0.3, -0.25) is 13.9 Å². The molecule has 0 aromatic heterocycles. The molecule has 0 saturated carbocycles. The molecule has 0 radical (unpaired) electrons. The lowest BCUT2D eigenvalue weighted by Gasteiger charge is -2.34. The fourth-order valence-electron chi connectivity index (χ4n) is 5.19. The van der Waals surface area contributed by atoms with Crippen LogP contribution in [0.1, 0.15) is 42.0 Å². The van der Waals surface area contributed by atoms with E-state index in [-0.39, 0.29) is 29.5 Å². The molecule has 0 aliphatic carbocycles. The number of methoxy groups -OCH3 is 1. The first-order valence-corrected chi connectivity index (χ1v) is 17.0. The summed E-state index contributed by atoms with van der Waals surface area (Å²) in [4.78, 5) is 30.0. The zero-order valence-electron chi connectivity index (χ0n) is 27.0. The van der Waals surface area contributed by atoms with Crippen LogP contribution in [0.2, 0.25) is 0 Å². The standard InChI is InChI=1S/C37H43N3O5S/c1-5-6-23-38-37(42)34(25-30-13-9-7-10-14-30)39(26-31-15-11-8-12-16-31)36(41)27-40(33-24-29(3)19-22-35(33)45-4)46(43,44)32-20-17-28(2)18-21-32/h7-22,24,34H,5-6,23,25-27H2,1-4H3,(H,38,42)/t34-/m0/s1. The van der Waals surface area contributed by atoms with Gasteiger partial charge in [-0.2, -0.15) is 0 Å². The number of aryl methyl sites for hydroxylation is 2. The molecule has 0 fully saturated rings. The van der Waals surface area contributed by atoms with Gasteiger partial charge >= 0.3 is 0 Å². The van der Waals surface area contributed by atoms with Gasteiger partial charge in [0.2, 0.25) is 11.8 Å². The Bertz CT molecular complexity index is 1690. The first-order valence-electron chi connectivity index (χ1n) is 15.5. The van der Waals surface area contributed by atoms with Gasteiger partial charge in [0.25, 0.3) is 10.0 Å². The molecule has 1 atom stereocenters. The fourth-order valence-corrected chi connectivity index (χ4v) is 6.60. The zero-order chi connectivity index (χ0) is 33.1. The lowest BCUT2D eigenvalue weighted by molar-refractivity contribution is -0.140. The van der Waals surface area contributed by atoms with Crippen LogP contribution in [0.4, 0.5) is 5.69 Å². The van der Waals surface area contributed by atoms with Gasteiger partial charge in [0.05, 0.1) is 17.7 Å². The van der Waals surface area contributed by atoms with Crippen molar-refractivity contribution in [2.75, 3.05) is 24.5 Å². The van der Waals surface area contributed by atoms with Gasteiger partial charge in [-0.25, -0.2) is 8.42 Å². The van der Waals surface area contributed by atoms with Crippen LogP contribution in [-0.2, 0) is 32.6 Å². The second-order valence-corrected chi connectivity index (χ2v) is 13.2. The van der Waals surface area contributed by atoms with E-state index in [0.717, 1.165) is 39.4 Å². The summed E-state index contributed by atoms with van der Waals surface area (Å²) in [6.45, 7) is 5.81. The molecule has 9 heteroatoms. The Hall–Kier alpha value is -4.63. The molecular formula is C37H43N3O5S. The van der Waals surface area contributed by atoms with E-state index in [2.05, 4.69) is 5.32 Å². The van der Waals surface area contributed by atoms with Crippen molar-refractivity contribution in [2.24, 2.45) is 0 Å². The van der Waals surface area contributed by atoms with Crippen molar-refractivity contribution in [3.8, 4) is 5.75 Å². The molecule has 0 heterocycles. The third-order valence-electron chi connectivity index (χ3n) is 7.79. The van der Waals surface area contributed by atoms with Gasteiger partial charge in [-0.15, -0.1) is 0 Å². The number of unbranched alkanes of at least 4 members (excludes halogenated alkanes) is 1. The summed E-state index contributed by atoms with van der Waals surface area (Å²) in [6.07, 6.45) is 1.96. The number of rotatable bonds is 15. The average Bonchev–Trinajstić information content (AvgIpc) is 3.06. The molecule has 4 aromatic rings. The highest BCUT2D eigenvalue weighted by atomic mass is 32.2. The first-order chi connectivity index (χ1) is 22.1. The predicted octanol–water partition coefficient (Wildman–Crippen LogP) is 6.06. The van der Waals surface area contributed by atoms with Crippen molar-refractivity contribution in [2.45, 2.75) is 57.5 Å². The van der Waals surface area contributed by atoms with E-state index >= 15 is 0 Å². The number of hydrogen-bond acceptors (Lipinski definition) is 5. The molecule has 0 bridgehead atoms. The molecule has 0 spiro atoms. The first kappa shape index (κ1) is 34.2. The van der Waals surface area contributed by atoms with Crippen molar-refractivity contribution >= 4 is 27.5 Å². The van der Waals surface area contributed by atoms with Crippen molar-refractivity contribution in [3.05, 3.63) is 125 Å². The minimum absolute atomic E-state index is 0.0437. The smallest absolute Gasteiger partial charge is 0.264 e. The predicted molar refractivity (Wildman–Crippen MR) is 182 cm³/mol. The van der Waals surface area contributed by atoms with Gasteiger partial charge in [0.1, 0.15) is 18.3 Å². The Labute approximate surface area is 273 Å².